The zero-order chi connectivity index (χ0) is 2.71. The molecule has 26 valence electrons. The van der Waals surface area contributed by atoms with E-state index in [1.807, 2.05) is 0 Å². The molecule has 0 saturated carbocycles. The molecule has 2 nitrogen and oxygen atoms in total. The fraction of sp³-hybridized carbons (Fsp3) is 0.500. The minimum absolute atomic E-state index is 0. The molecule has 0 rings (SSSR count). The van der Waals surface area contributed by atoms with Crippen molar-refractivity contribution in [2.45, 2.75) is 6.92 Å². The third-order valence-corrected chi connectivity index (χ3v) is 0. The summed E-state index contributed by atoms with van der Waals surface area (Å²) in [6, 6.07) is 0. The van der Waals surface area contributed by atoms with Crippen LogP contribution < -0.4 is 18.9 Å². The Balaban J connectivity index is -0.0000000200. The normalized spacial score (nSPS) is 2.60. The average molecular weight is 67.0 g/mol. The van der Waals surface area contributed by atoms with Gasteiger partial charge in [0.05, 0.1) is 0 Å². The molecule has 0 atom stereocenters. The van der Waals surface area contributed by atoms with Crippen LogP contribution in [0.4, 0.5) is 0 Å². The summed E-state index contributed by atoms with van der Waals surface area (Å²) >= 11 is 0. The van der Waals surface area contributed by atoms with Gasteiger partial charge in [-0.05, 0) is 0 Å². The Labute approximate surface area is 43.0 Å². The maximum absolute atomic E-state index is 8.68. The van der Waals surface area contributed by atoms with E-state index in [9.17, 15) is 0 Å². The number of rotatable bonds is 0. The van der Waals surface area contributed by atoms with Crippen LogP contribution in [0.15, 0.2) is 0 Å². The predicted molar refractivity (Wildman–Crippen MR) is 13.3 cm³/mol. The number of hydrogen-bond acceptors (Lipinski definition) is 2. The van der Waals surface area contributed by atoms with Crippen LogP contribution in [-0.4, -0.2) is 11.8 Å². The standard InChI is InChI=1S/C2H3O.Li.H2O/c1-2-3;;/h1H3;;1H2/q-1;+1;/p-1. The fourth-order valence-corrected chi connectivity index (χ4v) is 0. The molecule has 3 heteroatoms. The maximum Gasteiger partial charge on any atom is 1.00 e. The van der Waals surface area contributed by atoms with Gasteiger partial charge in [-0.2, -0.15) is 6.92 Å². The molecule has 0 aromatic heterocycles. The number of carbonyl (C=O) groups excluding carboxylic acids is 1. The summed E-state index contributed by atoms with van der Waals surface area (Å²) in [5, 5.41) is 0. The van der Waals surface area contributed by atoms with E-state index in [4.69, 9.17) is 4.79 Å². The molecule has 0 bridgehead atoms. The Hall–Kier alpha value is 0.227. The third-order valence-electron chi connectivity index (χ3n) is 0. The van der Waals surface area contributed by atoms with Crippen LogP contribution in [-0.2, 0) is 4.79 Å². The first-order valence-corrected chi connectivity index (χ1v) is 0.704. The first kappa shape index (κ1) is 18.8. The van der Waals surface area contributed by atoms with Gasteiger partial charge in [-0.1, -0.05) is 0 Å². The Morgan fingerprint density at radius 2 is 1.60 bits per heavy atom. The van der Waals surface area contributed by atoms with Gasteiger partial charge in [0, 0.05) is 0 Å². The summed E-state index contributed by atoms with van der Waals surface area (Å²) in [4.78, 5) is 8.68. The van der Waals surface area contributed by atoms with Crippen molar-refractivity contribution in [1.82, 2.24) is 0 Å². The first-order valence-electron chi connectivity index (χ1n) is 0.704. The molecule has 0 amide bonds. The minimum Gasteiger partial charge on any atom is -0.870 e. The fourth-order valence-electron chi connectivity index (χ4n) is 0. The summed E-state index contributed by atoms with van der Waals surface area (Å²) in [7, 11) is 0. The van der Waals surface area contributed by atoms with Crippen LogP contribution in [0.3, 0.4) is 0 Å². The van der Waals surface area contributed by atoms with Crippen LogP contribution in [0.25, 0.3) is 0 Å². The summed E-state index contributed by atoms with van der Waals surface area (Å²) in [5.74, 6) is 0. The summed E-state index contributed by atoms with van der Waals surface area (Å²) in [6.45, 7) is 1.32. The van der Waals surface area contributed by atoms with Crippen molar-refractivity contribution in [2.24, 2.45) is 0 Å². The molecule has 0 saturated heterocycles. The van der Waals surface area contributed by atoms with E-state index in [-0.39, 0.29) is 24.3 Å². The Kier molecular flexibility index (Phi) is 110. The predicted octanol–water partition coefficient (Wildman–Crippen LogP) is -3.06. The molecular formula is C2H4LiO2-. The van der Waals surface area contributed by atoms with Gasteiger partial charge < -0.3 is 10.3 Å². The van der Waals surface area contributed by atoms with E-state index >= 15 is 0 Å². The average Bonchev–Trinajstić information content (AvgIpc) is 0.918. The minimum atomic E-state index is 0. The molecule has 0 aromatic rings. The van der Waals surface area contributed by atoms with Gasteiger partial charge in [-0.15, -0.1) is 0 Å². The van der Waals surface area contributed by atoms with E-state index in [2.05, 4.69) is 0 Å². The SMILES string of the molecule is C[C-]=O.[Li+].[OH-]. The second-order valence-electron chi connectivity index (χ2n) is 0.204. The molecule has 0 aromatic carbocycles. The van der Waals surface area contributed by atoms with Crippen LogP contribution >= 0.6 is 0 Å². The van der Waals surface area contributed by atoms with Crippen molar-refractivity contribution in [3.05, 3.63) is 0 Å². The monoisotopic (exact) mass is 67.0 g/mol. The number of hydrogen-bond donors (Lipinski definition) is 0. The van der Waals surface area contributed by atoms with Crippen LogP contribution in [0, 0.1) is 0 Å². The van der Waals surface area contributed by atoms with Gasteiger partial charge in [-0.25, -0.2) is 0 Å². The summed E-state index contributed by atoms with van der Waals surface area (Å²) in [6.07, 6.45) is 1.50. The second-order valence-corrected chi connectivity index (χ2v) is 0.204. The Morgan fingerprint density at radius 3 is 1.60 bits per heavy atom. The van der Waals surface area contributed by atoms with Gasteiger partial charge in [0.1, 0.15) is 0 Å². The smallest absolute Gasteiger partial charge is 0.870 e. The molecule has 0 radical (unpaired) electrons. The van der Waals surface area contributed by atoms with Gasteiger partial charge in [0.15, 0.2) is 0 Å². The van der Waals surface area contributed by atoms with Gasteiger partial charge in [0.25, 0.3) is 0 Å². The maximum atomic E-state index is 8.68. The summed E-state index contributed by atoms with van der Waals surface area (Å²) < 4.78 is 0. The van der Waals surface area contributed by atoms with Crippen molar-refractivity contribution >= 4 is 6.29 Å². The quantitative estimate of drug-likeness (QED) is 0.223. The van der Waals surface area contributed by atoms with Gasteiger partial charge in [-0.3, -0.25) is 6.29 Å². The first-order chi connectivity index (χ1) is 1.41. The van der Waals surface area contributed by atoms with Crippen LogP contribution in [0.1, 0.15) is 6.92 Å². The van der Waals surface area contributed by atoms with Crippen LogP contribution in [0.2, 0.25) is 0 Å². The largest absolute Gasteiger partial charge is 1.00 e. The van der Waals surface area contributed by atoms with Gasteiger partial charge in [0.2, 0.25) is 0 Å². The Bertz CT molecular complexity index is 15.1. The molecule has 5 heavy (non-hydrogen) atoms. The van der Waals surface area contributed by atoms with Crippen molar-refractivity contribution in [3.63, 3.8) is 0 Å². The molecule has 0 aliphatic rings. The molecule has 0 aliphatic heterocycles. The molecule has 0 unspecified atom stereocenters. The zero-order valence-electron chi connectivity index (χ0n) is 3.36. The van der Waals surface area contributed by atoms with E-state index in [0.717, 1.165) is 0 Å². The molecule has 0 fully saturated rings. The second kappa shape index (κ2) is 29.2. The van der Waals surface area contributed by atoms with E-state index in [1.54, 1.807) is 0 Å². The van der Waals surface area contributed by atoms with Gasteiger partial charge >= 0.3 is 18.9 Å². The van der Waals surface area contributed by atoms with E-state index in [1.165, 1.54) is 13.2 Å². The third kappa shape index (κ3) is 406. The Morgan fingerprint density at radius 1 is 1.60 bits per heavy atom. The molecule has 1 N–H and O–H groups in total. The molecular weight excluding hydrogens is 63.0 g/mol. The van der Waals surface area contributed by atoms with E-state index in [0.29, 0.717) is 0 Å². The zero-order valence-corrected chi connectivity index (χ0v) is 3.36. The molecule has 0 spiro atoms. The molecule has 0 aliphatic carbocycles. The van der Waals surface area contributed by atoms with Crippen molar-refractivity contribution in [3.8, 4) is 0 Å². The topological polar surface area (TPSA) is 47.1 Å². The van der Waals surface area contributed by atoms with Crippen molar-refractivity contribution in [1.29, 1.82) is 0 Å². The van der Waals surface area contributed by atoms with E-state index < -0.39 is 0 Å². The van der Waals surface area contributed by atoms with Crippen LogP contribution in [0.5, 0.6) is 0 Å². The molecule has 0 heterocycles. The summed E-state index contributed by atoms with van der Waals surface area (Å²) in [5.41, 5.74) is 0. The van der Waals surface area contributed by atoms with Crippen molar-refractivity contribution < 1.29 is 29.1 Å². The van der Waals surface area contributed by atoms with Crippen molar-refractivity contribution in [2.75, 3.05) is 0 Å².